The molecule has 4 rings (SSSR count). The molecular formula is C25H21FN2O2. The van der Waals surface area contributed by atoms with E-state index in [9.17, 15) is 9.18 Å². The highest BCUT2D eigenvalue weighted by Gasteiger charge is 2.16. The van der Waals surface area contributed by atoms with Crippen molar-refractivity contribution >= 4 is 22.5 Å². The number of hydrogen-bond acceptors (Lipinski definition) is 3. The van der Waals surface area contributed by atoms with Crippen LogP contribution in [0.5, 0.6) is 5.75 Å². The van der Waals surface area contributed by atoms with Gasteiger partial charge in [-0.1, -0.05) is 30.3 Å². The molecule has 5 heteroatoms. The largest absolute Gasteiger partial charge is 0.493 e. The van der Waals surface area contributed by atoms with E-state index < -0.39 is 0 Å². The number of aryl methyl sites for hydroxylation is 1. The third kappa shape index (κ3) is 3.87. The minimum absolute atomic E-state index is 0.279. The maximum absolute atomic E-state index is 13.4. The molecule has 1 N–H and O–H groups in total. The normalized spacial score (nSPS) is 10.8. The van der Waals surface area contributed by atoms with E-state index in [2.05, 4.69) is 5.32 Å². The number of hydrogen-bond donors (Lipinski definition) is 1. The molecule has 0 saturated carbocycles. The summed E-state index contributed by atoms with van der Waals surface area (Å²) < 4.78 is 19.2. The second-order valence-electron chi connectivity index (χ2n) is 6.91. The van der Waals surface area contributed by atoms with Crippen molar-refractivity contribution in [2.24, 2.45) is 0 Å². The van der Waals surface area contributed by atoms with Crippen molar-refractivity contribution in [3.63, 3.8) is 0 Å². The van der Waals surface area contributed by atoms with E-state index in [1.165, 1.54) is 12.1 Å². The fraction of sp³-hybridized carbons (Fsp3) is 0.120. The number of benzene rings is 3. The first kappa shape index (κ1) is 19.6. The molecule has 30 heavy (non-hydrogen) atoms. The van der Waals surface area contributed by atoms with Gasteiger partial charge in [-0.25, -0.2) is 9.37 Å². The van der Waals surface area contributed by atoms with E-state index in [4.69, 9.17) is 9.72 Å². The number of nitrogens with one attached hydrogen (secondary N) is 1. The van der Waals surface area contributed by atoms with Crippen LogP contribution in [0.1, 0.15) is 22.8 Å². The molecule has 3 aromatic carbocycles. The van der Waals surface area contributed by atoms with Crippen LogP contribution in [0.3, 0.4) is 0 Å². The molecule has 1 heterocycles. The highest BCUT2D eigenvalue weighted by atomic mass is 19.1. The first-order valence-corrected chi connectivity index (χ1v) is 9.76. The quantitative estimate of drug-likeness (QED) is 0.447. The van der Waals surface area contributed by atoms with E-state index in [0.717, 1.165) is 10.9 Å². The fourth-order valence-corrected chi connectivity index (χ4v) is 3.42. The molecule has 0 atom stereocenters. The van der Waals surface area contributed by atoms with Gasteiger partial charge in [0.1, 0.15) is 11.6 Å². The van der Waals surface area contributed by atoms with E-state index in [0.29, 0.717) is 40.4 Å². The molecule has 0 bridgehead atoms. The number of nitrogens with zero attached hydrogens (tertiary/aromatic N) is 1. The number of pyridine rings is 1. The Morgan fingerprint density at radius 2 is 1.80 bits per heavy atom. The van der Waals surface area contributed by atoms with E-state index in [-0.39, 0.29) is 11.7 Å². The highest BCUT2D eigenvalue weighted by molar-refractivity contribution is 6.13. The zero-order valence-electron chi connectivity index (χ0n) is 16.8. The summed E-state index contributed by atoms with van der Waals surface area (Å²) in [6.07, 6.45) is 0. The molecule has 0 aliphatic heterocycles. The number of rotatable bonds is 5. The van der Waals surface area contributed by atoms with Crippen LogP contribution in [-0.2, 0) is 0 Å². The Balaban J connectivity index is 1.82. The molecule has 0 aliphatic carbocycles. The van der Waals surface area contributed by atoms with E-state index in [1.807, 2.05) is 55.5 Å². The Hall–Kier alpha value is -3.73. The van der Waals surface area contributed by atoms with Gasteiger partial charge in [0.2, 0.25) is 0 Å². The van der Waals surface area contributed by atoms with Crippen LogP contribution in [0.15, 0.2) is 72.8 Å². The van der Waals surface area contributed by atoms with Gasteiger partial charge in [-0.15, -0.1) is 0 Å². The van der Waals surface area contributed by atoms with Crippen LogP contribution in [0, 0.1) is 12.7 Å². The number of ether oxygens (including phenoxy) is 1. The molecule has 4 aromatic rings. The second-order valence-corrected chi connectivity index (χ2v) is 6.91. The van der Waals surface area contributed by atoms with E-state index in [1.54, 1.807) is 19.1 Å². The number of aromatic nitrogens is 1. The van der Waals surface area contributed by atoms with Gasteiger partial charge < -0.3 is 10.1 Å². The molecule has 0 aliphatic rings. The lowest BCUT2D eigenvalue weighted by atomic mass is 10.0. The predicted octanol–water partition coefficient (Wildman–Crippen LogP) is 6.00. The summed E-state index contributed by atoms with van der Waals surface area (Å²) in [5, 5.41) is 3.64. The summed E-state index contributed by atoms with van der Waals surface area (Å²) in [5.74, 6) is 0.0941. The second kappa shape index (κ2) is 8.33. The standard InChI is InChI=1S/C25H21FN2O2/c1-3-30-24-11-7-5-9-19(24)23-15-20(18-8-4-6-10-22(18)27-23)25(29)28-21-13-12-17(26)14-16(21)2/h4-15H,3H2,1-2H3,(H,28,29). The monoisotopic (exact) mass is 400 g/mol. The Kier molecular flexibility index (Phi) is 5.44. The lowest BCUT2D eigenvalue weighted by molar-refractivity contribution is 0.102. The number of halogens is 1. The zero-order chi connectivity index (χ0) is 21.1. The Bertz CT molecular complexity index is 1240. The van der Waals surface area contributed by atoms with Crippen molar-refractivity contribution < 1.29 is 13.9 Å². The number of carbonyl (C=O) groups excluding carboxylic acids is 1. The molecule has 0 unspecified atom stereocenters. The first-order valence-electron chi connectivity index (χ1n) is 9.76. The molecule has 1 amide bonds. The highest BCUT2D eigenvalue weighted by Crippen LogP contribution is 2.32. The molecular weight excluding hydrogens is 379 g/mol. The minimum Gasteiger partial charge on any atom is -0.493 e. The number of amides is 1. The van der Waals surface area contributed by atoms with Gasteiger partial charge in [-0.05, 0) is 61.9 Å². The summed E-state index contributed by atoms with van der Waals surface area (Å²) in [6, 6.07) is 21.2. The summed E-state index contributed by atoms with van der Waals surface area (Å²) in [4.78, 5) is 18.0. The van der Waals surface area contributed by atoms with Gasteiger partial charge in [0.15, 0.2) is 0 Å². The molecule has 0 fully saturated rings. The summed E-state index contributed by atoms with van der Waals surface area (Å²) in [6.45, 7) is 4.21. The zero-order valence-corrected chi connectivity index (χ0v) is 16.8. The van der Waals surface area contributed by atoms with Gasteiger partial charge in [-0.2, -0.15) is 0 Å². The van der Waals surface area contributed by atoms with Crippen molar-refractivity contribution in [3.05, 3.63) is 89.7 Å². The van der Waals surface area contributed by atoms with Crippen molar-refractivity contribution in [3.8, 4) is 17.0 Å². The molecule has 0 radical (unpaired) electrons. The SMILES string of the molecule is CCOc1ccccc1-c1cc(C(=O)Nc2ccc(F)cc2C)c2ccccc2n1. The van der Waals surface area contributed by atoms with Crippen LogP contribution in [0.25, 0.3) is 22.2 Å². The van der Waals surface area contributed by atoms with Crippen LogP contribution in [0.2, 0.25) is 0 Å². The van der Waals surface area contributed by atoms with Crippen molar-refractivity contribution in [1.29, 1.82) is 0 Å². The van der Waals surface area contributed by atoms with Crippen LogP contribution < -0.4 is 10.1 Å². The summed E-state index contributed by atoms with van der Waals surface area (Å²) >= 11 is 0. The van der Waals surface area contributed by atoms with Gasteiger partial charge in [0.25, 0.3) is 5.91 Å². The molecule has 150 valence electrons. The lowest BCUT2D eigenvalue weighted by Crippen LogP contribution is -2.14. The Morgan fingerprint density at radius 1 is 1.03 bits per heavy atom. The molecule has 0 saturated heterocycles. The maximum Gasteiger partial charge on any atom is 0.256 e. The van der Waals surface area contributed by atoms with Gasteiger partial charge >= 0.3 is 0 Å². The predicted molar refractivity (Wildman–Crippen MR) is 117 cm³/mol. The first-order chi connectivity index (χ1) is 14.6. The van der Waals surface area contributed by atoms with Crippen molar-refractivity contribution in [1.82, 2.24) is 4.98 Å². The fourth-order valence-electron chi connectivity index (χ4n) is 3.42. The minimum atomic E-state index is -0.338. The van der Waals surface area contributed by atoms with Crippen LogP contribution >= 0.6 is 0 Å². The van der Waals surface area contributed by atoms with Crippen LogP contribution in [-0.4, -0.2) is 17.5 Å². The third-order valence-electron chi connectivity index (χ3n) is 4.86. The topological polar surface area (TPSA) is 51.2 Å². The summed E-state index contributed by atoms with van der Waals surface area (Å²) in [7, 11) is 0. The van der Waals surface area contributed by atoms with Gasteiger partial charge in [0, 0.05) is 16.6 Å². The maximum atomic E-state index is 13.4. The average molecular weight is 400 g/mol. The Labute approximate surface area is 174 Å². The summed E-state index contributed by atoms with van der Waals surface area (Å²) in [5.41, 5.74) is 3.89. The molecule has 1 aromatic heterocycles. The number of para-hydroxylation sites is 2. The van der Waals surface area contributed by atoms with Gasteiger partial charge in [-0.3, -0.25) is 4.79 Å². The number of carbonyl (C=O) groups is 1. The molecule has 4 nitrogen and oxygen atoms in total. The lowest BCUT2D eigenvalue weighted by Gasteiger charge is -2.14. The smallest absolute Gasteiger partial charge is 0.256 e. The van der Waals surface area contributed by atoms with E-state index >= 15 is 0 Å². The van der Waals surface area contributed by atoms with Crippen LogP contribution in [0.4, 0.5) is 10.1 Å². The number of fused-ring (bicyclic) bond motifs is 1. The average Bonchev–Trinajstić information content (AvgIpc) is 2.75. The third-order valence-corrected chi connectivity index (χ3v) is 4.86. The number of anilines is 1. The van der Waals surface area contributed by atoms with Gasteiger partial charge in [0.05, 0.1) is 23.4 Å². The van der Waals surface area contributed by atoms with Crippen molar-refractivity contribution in [2.45, 2.75) is 13.8 Å². The van der Waals surface area contributed by atoms with Crippen molar-refractivity contribution in [2.75, 3.05) is 11.9 Å². The molecule has 0 spiro atoms. The Morgan fingerprint density at radius 3 is 2.60 bits per heavy atom.